The lowest BCUT2D eigenvalue weighted by atomic mass is 9.98. The third-order valence-electron chi connectivity index (χ3n) is 4.23. The fraction of sp³-hybridized carbons (Fsp3) is 0.667. The zero-order valence-electron chi connectivity index (χ0n) is 14.0. The Morgan fingerprint density at radius 3 is 2.90 bits per heavy atom. The summed E-state index contributed by atoms with van der Waals surface area (Å²) in [5.74, 6) is 0. The van der Waals surface area contributed by atoms with E-state index < -0.39 is 0 Å². The molecule has 0 amide bonds. The van der Waals surface area contributed by atoms with E-state index in [1.54, 1.807) is 0 Å². The van der Waals surface area contributed by atoms with E-state index in [1.165, 1.54) is 16.7 Å². The summed E-state index contributed by atoms with van der Waals surface area (Å²) in [5, 5.41) is 3.66. The van der Waals surface area contributed by atoms with E-state index in [1.807, 2.05) is 0 Å². The molecule has 1 aliphatic heterocycles. The first kappa shape index (κ1) is 16.5. The van der Waals surface area contributed by atoms with Crippen molar-refractivity contribution >= 4 is 0 Å². The number of ether oxygens (including phenoxy) is 1. The third-order valence-corrected chi connectivity index (χ3v) is 4.23. The molecule has 3 nitrogen and oxygen atoms in total. The minimum absolute atomic E-state index is 0.342. The molecule has 1 N–H and O–H groups in total. The van der Waals surface area contributed by atoms with Crippen LogP contribution in [0.25, 0.3) is 0 Å². The van der Waals surface area contributed by atoms with Gasteiger partial charge in [-0.1, -0.05) is 30.7 Å². The summed E-state index contributed by atoms with van der Waals surface area (Å²) in [5.41, 5.74) is 4.16. The fourth-order valence-electron chi connectivity index (χ4n) is 3.24. The van der Waals surface area contributed by atoms with Crippen molar-refractivity contribution in [2.75, 3.05) is 32.8 Å². The Hall–Kier alpha value is -0.900. The zero-order valence-corrected chi connectivity index (χ0v) is 14.0. The van der Waals surface area contributed by atoms with E-state index >= 15 is 0 Å². The number of rotatable bonds is 5. The molecule has 0 saturated carbocycles. The molecule has 118 valence electrons. The van der Waals surface area contributed by atoms with Crippen molar-refractivity contribution in [2.24, 2.45) is 0 Å². The Morgan fingerprint density at radius 2 is 2.19 bits per heavy atom. The molecular weight excluding hydrogens is 260 g/mol. The van der Waals surface area contributed by atoms with Crippen LogP contribution in [0.1, 0.15) is 43.0 Å². The number of aryl methyl sites for hydroxylation is 2. The van der Waals surface area contributed by atoms with Gasteiger partial charge >= 0.3 is 0 Å². The standard InChI is InChI=1S/C18H30N2O/c1-5-19-18(17-8-7-14(2)11-15(17)3)13-20-9-6-10-21-16(4)12-20/h7-8,11,16,18-19H,5-6,9-10,12-13H2,1-4H3. The summed E-state index contributed by atoms with van der Waals surface area (Å²) in [4.78, 5) is 2.55. The molecule has 1 saturated heterocycles. The van der Waals surface area contributed by atoms with E-state index in [2.05, 4.69) is 56.1 Å². The first-order valence-electron chi connectivity index (χ1n) is 8.24. The van der Waals surface area contributed by atoms with E-state index in [9.17, 15) is 0 Å². The maximum atomic E-state index is 5.76. The highest BCUT2D eigenvalue weighted by atomic mass is 16.5. The molecule has 2 unspecified atom stereocenters. The van der Waals surface area contributed by atoms with Gasteiger partial charge in [-0.3, -0.25) is 4.90 Å². The van der Waals surface area contributed by atoms with E-state index in [0.29, 0.717) is 12.1 Å². The van der Waals surface area contributed by atoms with E-state index in [4.69, 9.17) is 4.74 Å². The Kier molecular flexibility index (Phi) is 6.22. The maximum Gasteiger partial charge on any atom is 0.0673 e. The molecule has 0 spiro atoms. The molecule has 0 aromatic heterocycles. The van der Waals surface area contributed by atoms with Crippen molar-refractivity contribution in [1.82, 2.24) is 10.2 Å². The van der Waals surface area contributed by atoms with Gasteiger partial charge in [0.1, 0.15) is 0 Å². The quantitative estimate of drug-likeness (QED) is 0.902. The lowest BCUT2D eigenvalue weighted by molar-refractivity contribution is 0.0664. The molecular formula is C18H30N2O. The summed E-state index contributed by atoms with van der Waals surface area (Å²) in [7, 11) is 0. The van der Waals surface area contributed by atoms with Crippen LogP contribution in [0.15, 0.2) is 18.2 Å². The molecule has 21 heavy (non-hydrogen) atoms. The Labute approximate surface area is 129 Å². The lowest BCUT2D eigenvalue weighted by Gasteiger charge is -2.29. The summed E-state index contributed by atoms with van der Waals surface area (Å²) in [6.07, 6.45) is 1.48. The second-order valence-corrected chi connectivity index (χ2v) is 6.26. The van der Waals surface area contributed by atoms with Crippen molar-refractivity contribution in [3.63, 3.8) is 0 Å². The van der Waals surface area contributed by atoms with Crippen LogP contribution in [-0.4, -0.2) is 43.8 Å². The number of nitrogens with one attached hydrogen (secondary N) is 1. The molecule has 0 bridgehead atoms. The molecule has 3 heteroatoms. The Bertz CT molecular complexity index is 447. The summed E-state index contributed by atoms with van der Waals surface area (Å²) in [6, 6.07) is 7.20. The molecule has 1 fully saturated rings. The van der Waals surface area contributed by atoms with Crippen LogP contribution < -0.4 is 5.32 Å². The van der Waals surface area contributed by atoms with Gasteiger partial charge in [0.15, 0.2) is 0 Å². The van der Waals surface area contributed by atoms with Gasteiger partial charge in [-0.25, -0.2) is 0 Å². The largest absolute Gasteiger partial charge is 0.377 e. The highest BCUT2D eigenvalue weighted by Gasteiger charge is 2.20. The van der Waals surface area contributed by atoms with Gasteiger partial charge in [-0.2, -0.15) is 0 Å². The molecule has 2 rings (SSSR count). The van der Waals surface area contributed by atoms with Crippen molar-refractivity contribution in [3.8, 4) is 0 Å². The zero-order chi connectivity index (χ0) is 15.2. The number of hydrogen-bond acceptors (Lipinski definition) is 3. The van der Waals surface area contributed by atoms with Gasteiger partial charge in [-0.05, 0) is 44.9 Å². The molecule has 1 heterocycles. The lowest BCUT2D eigenvalue weighted by Crippen LogP contribution is -2.38. The fourth-order valence-corrected chi connectivity index (χ4v) is 3.24. The Balaban J connectivity index is 2.10. The monoisotopic (exact) mass is 290 g/mol. The van der Waals surface area contributed by atoms with Crippen molar-refractivity contribution in [2.45, 2.75) is 46.3 Å². The predicted molar refractivity (Wildman–Crippen MR) is 88.8 cm³/mol. The third kappa shape index (κ3) is 4.80. The summed E-state index contributed by atoms with van der Waals surface area (Å²) in [6.45, 7) is 13.9. The molecule has 2 atom stereocenters. The first-order valence-corrected chi connectivity index (χ1v) is 8.24. The second kappa shape index (κ2) is 7.92. The summed E-state index contributed by atoms with van der Waals surface area (Å²) >= 11 is 0. The van der Waals surface area contributed by atoms with Crippen LogP contribution in [0, 0.1) is 13.8 Å². The minimum Gasteiger partial charge on any atom is -0.377 e. The van der Waals surface area contributed by atoms with Crippen LogP contribution >= 0.6 is 0 Å². The first-order chi connectivity index (χ1) is 10.1. The molecule has 1 aromatic carbocycles. The van der Waals surface area contributed by atoms with Crippen molar-refractivity contribution in [1.29, 1.82) is 0 Å². The van der Waals surface area contributed by atoms with E-state index in [-0.39, 0.29) is 0 Å². The van der Waals surface area contributed by atoms with Crippen LogP contribution in [-0.2, 0) is 4.74 Å². The average Bonchev–Trinajstić information content (AvgIpc) is 2.63. The normalized spacial score (nSPS) is 22.0. The van der Waals surface area contributed by atoms with Crippen LogP contribution in [0.4, 0.5) is 0 Å². The molecule has 0 aliphatic carbocycles. The van der Waals surface area contributed by atoms with Gasteiger partial charge in [0.2, 0.25) is 0 Å². The molecule has 1 aliphatic rings. The number of hydrogen-bond donors (Lipinski definition) is 1. The smallest absolute Gasteiger partial charge is 0.0673 e. The SMILES string of the molecule is CCNC(CN1CCCOC(C)C1)c1ccc(C)cc1C. The average molecular weight is 290 g/mol. The van der Waals surface area contributed by atoms with Gasteiger partial charge in [0, 0.05) is 32.3 Å². The second-order valence-electron chi connectivity index (χ2n) is 6.26. The number of benzene rings is 1. The van der Waals surface area contributed by atoms with Crippen LogP contribution in [0.2, 0.25) is 0 Å². The predicted octanol–water partition coefficient (Wildman–Crippen LogP) is 3.06. The van der Waals surface area contributed by atoms with Gasteiger partial charge in [0.05, 0.1) is 6.10 Å². The highest BCUT2D eigenvalue weighted by Crippen LogP contribution is 2.21. The van der Waals surface area contributed by atoms with Gasteiger partial charge in [0.25, 0.3) is 0 Å². The van der Waals surface area contributed by atoms with Crippen LogP contribution in [0.5, 0.6) is 0 Å². The highest BCUT2D eigenvalue weighted by molar-refractivity contribution is 5.33. The van der Waals surface area contributed by atoms with Gasteiger partial charge in [-0.15, -0.1) is 0 Å². The maximum absolute atomic E-state index is 5.76. The topological polar surface area (TPSA) is 24.5 Å². The van der Waals surface area contributed by atoms with E-state index in [0.717, 1.165) is 39.2 Å². The molecule has 0 radical (unpaired) electrons. The Morgan fingerprint density at radius 1 is 1.38 bits per heavy atom. The minimum atomic E-state index is 0.342. The van der Waals surface area contributed by atoms with Crippen LogP contribution in [0.3, 0.4) is 0 Å². The number of nitrogens with zero attached hydrogens (tertiary/aromatic N) is 1. The summed E-state index contributed by atoms with van der Waals surface area (Å²) < 4.78 is 5.76. The molecule has 1 aromatic rings. The van der Waals surface area contributed by atoms with Gasteiger partial charge < -0.3 is 10.1 Å². The van der Waals surface area contributed by atoms with Crippen molar-refractivity contribution in [3.05, 3.63) is 34.9 Å². The number of likely N-dealkylation sites (N-methyl/N-ethyl adjacent to an activating group) is 1. The van der Waals surface area contributed by atoms with Crippen molar-refractivity contribution < 1.29 is 4.74 Å².